The van der Waals surface area contributed by atoms with E-state index in [1.165, 1.54) is 114 Å². The molecule has 1 unspecified atom stereocenters. The Labute approximate surface area is 268 Å². The fourth-order valence-corrected chi connectivity index (χ4v) is 5.79. The van der Waals surface area contributed by atoms with Crippen LogP contribution in [0.15, 0.2) is 48.4 Å². The van der Waals surface area contributed by atoms with Crippen molar-refractivity contribution >= 4 is 0 Å². The molecule has 0 fully saturated rings. The number of benzene rings is 1. The molecule has 0 spiro atoms. The maximum Gasteiger partial charge on any atom is 0.199 e. The van der Waals surface area contributed by atoms with E-state index >= 15 is 0 Å². The van der Waals surface area contributed by atoms with Crippen LogP contribution in [0.1, 0.15) is 148 Å². The van der Waals surface area contributed by atoms with Crippen molar-refractivity contribution in [2.45, 2.75) is 155 Å². The highest BCUT2D eigenvalue weighted by atomic mass is 19.1. The number of rotatable bonds is 25. The molecule has 0 N–H and O–H groups in total. The van der Waals surface area contributed by atoms with E-state index in [1.54, 1.807) is 6.07 Å². The molecule has 1 aliphatic heterocycles. The highest BCUT2D eigenvalue weighted by molar-refractivity contribution is 5.60. The van der Waals surface area contributed by atoms with Gasteiger partial charge < -0.3 is 14.2 Å². The van der Waals surface area contributed by atoms with Crippen LogP contribution in [0.5, 0.6) is 5.75 Å². The summed E-state index contributed by atoms with van der Waals surface area (Å²) in [5.74, 6) is -0.0124. The van der Waals surface area contributed by atoms with Gasteiger partial charge in [-0.3, -0.25) is 4.98 Å². The molecule has 0 saturated carbocycles. The Morgan fingerprint density at radius 3 is 1.95 bits per heavy atom. The molecule has 0 amide bonds. The van der Waals surface area contributed by atoms with Gasteiger partial charge in [0.15, 0.2) is 17.9 Å². The van der Waals surface area contributed by atoms with Crippen molar-refractivity contribution in [1.82, 2.24) is 4.98 Å². The fraction of sp³-hybridized carbons (Fsp3) is 0.667. The van der Waals surface area contributed by atoms with Crippen LogP contribution >= 0.6 is 0 Å². The monoisotopic (exact) mass is 609 g/mol. The predicted molar refractivity (Wildman–Crippen MR) is 181 cm³/mol. The van der Waals surface area contributed by atoms with Crippen LogP contribution in [0.25, 0.3) is 11.3 Å². The topological polar surface area (TPSA) is 40.6 Å². The third kappa shape index (κ3) is 15.1. The molecule has 0 radical (unpaired) electrons. The van der Waals surface area contributed by atoms with Gasteiger partial charge in [0.25, 0.3) is 0 Å². The normalized spacial score (nSPS) is 14.8. The Kier molecular flexibility index (Phi) is 18.9. The third-order valence-electron chi connectivity index (χ3n) is 8.67. The predicted octanol–water partition coefficient (Wildman–Crippen LogP) is 11.9. The molecule has 0 aliphatic carbocycles. The lowest BCUT2D eigenvalue weighted by Gasteiger charge is -2.23. The maximum absolute atomic E-state index is 14.7. The van der Waals surface area contributed by atoms with Gasteiger partial charge in [-0.1, -0.05) is 123 Å². The zero-order chi connectivity index (χ0) is 31.1. The van der Waals surface area contributed by atoms with Crippen LogP contribution in [-0.4, -0.2) is 24.5 Å². The first-order chi connectivity index (χ1) is 21.7. The molecule has 0 saturated heterocycles. The molecule has 2 aromatic rings. The van der Waals surface area contributed by atoms with Crippen LogP contribution in [-0.2, 0) is 15.9 Å². The average molecular weight is 610 g/mol. The van der Waals surface area contributed by atoms with E-state index in [-0.39, 0.29) is 12.1 Å². The van der Waals surface area contributed by atoms with Crippen molar-refractivity contribution in [2.24, 2.45) is 0 Å². The number of pyridine rings is 1. The molecule has 2 heterocycles. The van der Waals surface area contributed by atoms with Gasteiger partial charge in [0, 0.05) is 18.2 Å². The zero-order valence-corrected chi connectivity index (χ0v) is 27.9. The molecule has 246 valence electrons. The van der Waals surface area contributed by atoms with Crippen LogP contribution < -0.4 is 4.74 Å². The Morgan fingerprint density at radius 1 is 0.750 bits per heavy atom. The maximum atomic E-state index is 14.7. The minimum absolute atomic E-state index is 0.210. The lowest BCUT2D eigenvalue weighted by atomic mass is 10.0. The van der Waals surface area contributed by atoms with Gasteiger partial charge in [-0.25, -0.2) is 4.39 Å². The first-order valence-corrected chi connectivity index (χ1v) is 18.0. The molecule has 3 rings (SSSR count). The van der Waals surface area contributed by atoms with Crippen molar-refractivity contribution < 1.29 is 18.6 Å². The van der Waals surface area contributed by atoms with E-state index in [4.69, 9.17) is 14.2 Å². The third-order valence-corrected chi connectivity index (χ3v) is 8.67. The zero-order valence-electron chi connectivity index (χ0n) is 27.9. The van der Waals surface area contributed by atoms with Crippen LogP contribution in [0.3, 0.4) is 0 Å². The van der Waals surface area contributed by atoms with Gasteiger partial charge in [0.1, 0.15) is 0 Å². The highest BCUT2D eigenvalue weighted by Gasteiger charge is 2.16. The molecular weight excluding hydrogens is 549 g/mol. The molecule has 1 aliphatic rings. The molecule has 4 nitrogen and oxygen atoms in total. The minimum atomic E-state index is -0.333. The number of unbranched alkanes of at least 4 members (excludes halogenated alkanes) is 16. The summed E-state index contributed by atoms with van der Waals surface area (Å²) in [7, 11) is 0. The summed E-state index contributed by atoms with van der Waals surface area (Å²) < 4.78 is 32.3. The summed E-state index contributed by atoms with van der Waals surface area (Å²) in [5.41, 5.74) is 3.90. The van der Waals surface area contributed by atoms with Gasteiger partial charge in [-0.05, 0) is 61.1 Å². The Balaban J connectivity index is 1.27. The number of halogens is 1. The van der Waals surface area contributed by atoms with Gasteiger partial charge in [-0.15, -0.1) is 0 Å². The molecule has 1 atom stereocenters. The van der Waals surface area contributed by atoms with Crippen LogP contribution in [0.4, 0.5) is 4.39 Å². The summed E-state index contributed by atoms with van der Waals surface area (Å²) in [6, 6.07) is 9.15. The van der Waals surface area contributed by atoms with Crippen molar-refractivity contribution in [1.29, 1.82) is 0 Å². The van der Waals surface area contributed by atoms with E-state index in [9.17, 15) is 4.39 Å². The Bertz CT molecular complexity index is 1040. The molecule has 5 heteroatoms. The van der Waals surface area contributed by atoms with Gasteiger partial charge >= 0.3 is 0 Å². The van der Waals surface area contributed by atoms with Crippen molar-refractivity contribution in [3.05, 3.63) is 59.7 Å². The second kappa shape index (κ2) is 23.0. The van der Waals surface area contributed by atoms with E-state index in [1.807, 2.05) is 24.6 Å². The average Bonchev–Trinajstić information content (AvgIpc) is 3.05. The summed E-state index contributed by atoms with van der Waals surface area (Å²) in [6.45, 7) is 5.74. The Hall–Kier alpha value is -2.40. The molecule has 1 aromatic carbocycles. The van der Waals surface area contributed by atoms with Crippen LogP contribution in [0.2, 0.25) is 0 Å². The number of ether oxygens (including phenoxy) is 3. The van der Waals surface area contributed by atoms with Gasteiger partial charge in [0.05, 0.1) is 25.2 Å². The van der Waals surface area contributed by atoms with Crippen molar-refractivity contribution in [3.63, 3.8) is 0 Å². The van der Waals surface area contributed by atoms with E-state index in [0.717, 1.165) is 48.9 Å². The Morgan fingerprint density at radius 2 is 1.39 bits per heavy atom. The molecule has 44 heavy (non-hydrogen) atoms. The molecule has 0 bridgehead atoms. The second-order valence-corrected chi connectivity index (χ2v) is 12.6. The van der Waals surface area contributed by atoms with Crippen molar-refractivity contribution in [2.75, 3.05) is 13.2 Å². The molecule has 1 aromatic heterocycles. The summed E-state index contributed by atoms with van der Waals surface area (Å²) in [4.78, 5) is 4.59. The lowest BCUT2D eigenvalue weighted by Crippen LogP contribution is -2.22. The number of aromatic nitrogens is 1. The number of aryl methyl sites for hydroxylation is 1. The van der Waals surface area contributed by atoms with Gasteiger partial charge in [-0.2, -0.15) is 0 Å². The number of hydrogen-bond acceptors (Lipinski definition) is 4. The highest BCUT2D eigenvalue weighted by Crippen LogP contribution is 2.26. The first kappa shape index (κ1) is 36.1. The van der Waals surface area contributed by atoms with E-state index in [2.05, 4.69) is 24.9 Å². The quantitative estimate of drug-likeness (QED) is 0.105. The largest absolute Gasteiger partial charge is 0.491 e. The van der Waals surface area contributed by atoms with Crippen LogP contribution in [0, 0.1) is 5.82 Å². The number of hydrogen-bond donors (Lipinski definition) is 0. The minimum Gasteiger partial charge on any atom is -0.491 e. The lowest BCUT2D eigenvalue weighted by molar-refractivity contribution is -0.119. The SMILES string of the molecule is CCCCCCCCCCCCC1=COC(CCc2ccc(-c3ccc(OCCCCCCCCCC)c(F)c3)nc2)OC1. The standard InChI is InChI=1S/C39H60FNO3/c1-3-5-7-9-11-13-14-15-17-19-21-34-31-43-39(44-32-34)27-23-33-22-25-37(41-30-33)35-24-26-38(36(40)29-35)42-28-20-18-16-12-10-8-6-4-2/h22,24-26,29-31,39H,3-21,23,27-28,32H2,1-2H3. The van der Waals surface area contributed by atoms with E-state index in [0.29, 0.717) is 19.0 Å². The first-order valence-electron chi connectivity index (χ1n) is 18.0. The van der Waals surface area contributed by atoms with Gasteiger partial charge in [0.2, 0.25) is 0 Å². The smallest absolute Gasteiger partial charge is 0.199 e. The molecular formula is C39H60FNO3. The summed E-state index contributed by atoms with van der Waals surface area (Å²) in [6.07, 6.45) is 29.7. The number of nitrogens with zero attached hydrogens (tertiary/aromatic N) is 1. The second-order valence-electron chi connectivity index (χ2n) is 12.6. The van der Waals surface area contributed by atoms with E-state index < -0.39 is 0 Å². The fourth-order valence-electron chi connectivity index (χ4n) is 5.79. The van der Waals surface area contributed by atoms with Crippen molar-refractivity contribution in [3.8, 4) is 17.0 Å². The summed E-state index contributed by atoms with van der Waals surface area (Å²) in [5, 5.41) is 0. The summed E-state index contributed by atoms with van der Waals surface area (Å²) >= 11 is 0.